The minimum atomic E-state index is -0.163. The zero-order valence-corrected chi connectivity index (χ0v) is 13.8. The highest BCUT2D eigenvalue weighted by Crippen LogP contribution is 2.17. The Bertz CT molecular complexity index is 699. The van der Waals surface area contributed by atoms with Crippen LogP contribution in [-0.2, 0) is 9.59 Å². The van der Waals surface area contributed by atoms with Crippen molar-refractivity contribution in [3.63, 3.8) is 0 Å². The van der Waals surface area contributed by atoms with Crippen molar-refractivity contribution in [1.29, 1.82) is 0 Å². The van der Waals surface area contributed by atoms with E-state index in [0.29, 0.717) is 18.0 Å². The van der Waals surface area contributed by atoms with Gasteiger partial charge >= 0.3 is 0 Å². The number of carbonyl (C=O) groups excluding carboxylic acids is 2. The average molecular weight is 327 g/mol. The number of nitrogens with one attached hydrogen (secondary N) is 3. The number of rotatable bonds is 7. The fraction of sp³-hybridized carbons (Fsp3) is 0.222. The third-order valence-electron chi connectivity index (χ3n) is 3.09. The minimum Gasteiger partial charge on any atom is -0.494 e. The van der Waals surface area contributed by atoms with E-state index in [1.165, 1.54) is 6.92 Å². The van der Waals surface area contributed by atoms with Crippen molar-refractivity contribution in [3.05, 3.63) is 48.5 Å². The maximum absolute atomic E-state index is 12.0. The first-order valence-corrected chi connectivity index (χ1v) is 7.71. The van der Waals surface area contributed by atoms with Crippen LogP contribution in [0.25, 0.3) is 0 Å². The first kappa shape index (κ1) is 17.3. The molecule has 0 saturated heterocycles. The number of amides is 2. The van der Waals surface area contributed by atoms with Crippen LogP contribution in [0.4, 0.5) is 17.1 Å². The number of carbonyl (C=O) groups is 2. The molecule has 3 N–H and O–H groups in total. The molecule has 2 rings (SSSR count). The van der Waals surface area contributed by atoms with E-state index in [4.69, 9.17) is 4.74 Å². The Labute approximate surface area is 141 Å². The summed E-state index contributed by atoms with van der Waals surface area (Å²) in [7, 11) is 0. The third kappa shape index (κ3) is 5.64. The second-order valence-corrected chi connectivity index (χ2v) is 5.12. The molecule has 0 radical (unpaired) electrons. The molecule has 0 aliphatic heterocycles. The summed E-state index contributed by atoms with van der Waals surface area (Å²) in [6, 6.07) is 14.4. The van der Waals surface area contributed by atoms with Gasteiger partial charge in [-0.15, -0.1) is 0 Å². The summed E-state index contributed by atoms with van der Waals surface area (Å²) in [6.07, 6.45) is 0. The van der Waals surface area contributed by atoms with Gasteiger partial charge < -0.3 is 20.7 Å². The van der Waals surface area contributed by atoms with Gasteiger partial charge in [-0.3, -0.25) is 9.59 Å². The van der Waals surface area contributed by atoms with Gasteiger partial charge in [0.25, 0.3) is 0 Å². The van der Waals surface area contributed by atoms with E-state index in [1.807, 2.05) is 31.2 Å². The van der Waals surface area contributed by atoms with Gasteiger partial charge in [0.1, 0.15) is 5.75 Å². The minimum absolute atomic E-state index is 0.134. The molecule has 24 heavy (non-hydrogen) atoms. The topological polar surface area (TPSA) is 79.5 Å². The zero-order chi connectivity index (χ0) is 17.4. The van der Waals surface area contributed by atoms with Gasteiger partial charge in [0.05, 0.1) is 13.2 Å². The molecule has 0 aromatic heterocycles. The molecule has 0 unspecified atom stereocenters. The summed E-state index contributed by atoms with van der Waals surface area (Å²) in [5.41, 5.74) is 2.17. The predicted molar refractivity (Wildman–Crippen MR) is 95.5 cm³/mol. The van der Waals surface area contributed by atoms with Gasteiger partial charge in [-0.25, -0.2) is 0 Å². The van der Waals surface area contributed by atoms with Crippen LogP contribution in [0.2, 0.25) is 0 Å². The van der Waals surface area contributed by atoms with Crippen LogP contribution < -0.4 is 20.7 Å². The zero-order valence-electron chi connectivity index (χ0n) is 13.8. The largest absolute Gasteiger partial charge is 0.494 e. The number of hydrogen-bond donors (Lipinski definition) is 3. The Balaban J connectivity index is 1.84. The number of hydrogen-bond acceptors (Lipinski definition) is 4. The number of ether oxygens (including phenoxy) is 1. The van der Waals surface area contributed by atoms with Crippen LogP contribution >= 0.6 is 0 Å². The van der Waals surface area contributed by atoms with Gasteiger partial charge in [0.15, 0.2) is 0 Å². The quantitative estimate of drug-likeness (QED) is 0.730. The summed E-state index contributed by atoms with van der Waals surface area (Å²) in [6.45, 7) is 4.11. The normalized spacial score (nSPS) is 9.92. The van der Waals surface area contributed by atoms with E-state index in [1.54, 1.807) is 24.3 Å². The summed E-state index contributed by atoms with van der Waals surface area (Å²) < 4.78 is 5.42. The third-order valence-corrected chi connectivity index (χ3v) is 3.09. The van der Waals surface area contributed by atoms with Crippen molar-refractivity contribution in [1.82, 2.24) is 0 Å². The van der Waals surface area contributed by atoms with Crippen molar-refractivity contribution < 1.29 is 14.3 Å². The summed E-state index contributed by atoms with van der Waals surface area (Å²) in [4.78, 5) is 22.9. The molecule has 0 saturated carbocycles. The highest BCUT2D eigenvalue weighted by atomic mass is 16.5. The number of anilines is 3. The van der Waals surface area contributed by atoms with Crippen molar-refractivity contribution in [2.24, 2.45) is 0 Å². The molecular weight excluding hydrogens is 306 g/mol. The molecule has 2 aromatic carbocycles. The van der Waals surface area contributed by atoms with Crippen molar-refractivity contribution in [2.75, 3.05) is 29.1 Å². The second-order valence-electron chi connectivity index (χ2n) is 5.12. The summed E-state index contributed by atoms with van der Waals surface area (Å²) in [5.74, 6) is 0.464. The maximum atomic E-state index is 12.0. The summed E-state index contributed by atoms with van der Waals surface area (Å²) >= 11 is 0. The van der Waals surface area contributed by atoms with Crippen LogP contribution in [-0.4, -0.2) is 25.0 Å². The maximum Gasteiger partial charge on any atom is 0.243 e. The van der Waals surface area contributed by atoms with Crippen molar-refractivity contribution in [3.8, 4) is 5.75 Å². The smallest absolute Gasteiger partial charge is 0.243 e. The van der Waals surface area contributed by atoms with Crippen LogP contribution in [0.3, 0.4) is 0 Å². The first-order chi connectivity index (χ1) is 11.6. The van der Waals surface area contributed by atoms with Crippen LogP contribution in [0.5, 0.6) is 5.75 Å². The van der Waals surface area contributed by atoms with Gasteiger partial charge in [-0.2, -0.15) is 0 Å². The Hall–Kier alpha value is -3.02. The van der Waals surface area contributed by atoms with Gasteiger partial charge in [0.2, 0.25) is 11.8 Å². The first-order valence-electron chi connectivity index (χ1n) is 7.71. The Kier molecular flexibility index (Phi) is 6.19. The van der Waals surface area contributed by atoms with Gasteiger partial charge in [-0.1, -0.05) is 6.07 Å². The van der Waals surface area contributed by atoms with E-state index >= 15 is 0 Å². The predicted octanol–water partition coefficient (Wildman–Crippen LogP) is 3.09. The Morgan fingerprint density at radius 3 is 2.25 bits per heavy atom. The molecule has 0 heterocycles. The van der Waals surface area contributed by atoms with E-state index in [2.05, 4.69) is 16.0 Å². The van der Waals surface area contributed by atoms with E-state index < -0.39 is 0 Å². The lowest BCUT2D eigenvalue weighted by molar-refractivity contribution is -0.115. The molecule has 6 heteroatoms. The Morgan fingerprint density at radius 2 is 1.62 bits per heavy atom. The van der Waals surface area contributed by atoms with E-state index in [-0.39, 0.29) is 18.4 Å². The molecule has 0 atom stereocenters. The second kappa shape index (κ2) is 8.57. The molecule has 126 valence electrons. The van der Waals surface area contributed by atoms with E-state index in [9.17, 15) is 9.59 Å². The van der Waals surface area contributed by atoms with Gasteiger partial charge in [-0.05, 0) is 43.3 Å². The molecule has 0 aliphatic rings. The van der Waals surface area contributed by atoms with Crippen LogP contribution in [0.15, 0.2) is 48.5 Å². The fourth-order valence-electron chi connectivity index (χ4n) is 2.09. The van der Waals surface area contributed by atoms with Gasteiger partial charge in [0, 0.05) is 30.1 Å². The summed E-state index contributed by atoms with van der Waals surface area (Å²) in [5, 5.41) is 8.51. The van der Waals surface area contributed by atoms with Crippen LogP contribution in [0.1, 0.15) is 13.8 Å². The molecule has 0 spiro atoms. The highest BCUT2D eigenvalue weighted by Gasteiger charge is 2.04. The lowest BCUT2D eigenvalue weighted by Gasteiger charge is -2.10. The van der Waals surface area contributed by atoms with E-state index in [0.717, 1.165) is 11.4 Å². The molecule has 6 nitrogen and oxygen atoms in total. The monoisotopic (exact) mass is 327 g/mol. The SMILES string of the molecule is CCOc1cccc(NCC(=O)Nc2ccc(NC(C)=O)cc2)c1. The van der Waals surface area contributed by atoms with Crippen LogP contribution in [0, 0.1) is 0 Å². The highest BCUT2D eigenvalue weighted by molar-refractivity contribution is 5.94. The fourth-order valence-corrected chi connectivity index (χ4v) is 2.09. The lowest BCUT2D eigenvalue weighted by Crippen LogP contribution is -2.21. The van der Waals surface area contributed by atoms with Crippen molar-refractivity contribution in [2.45, 2.75) is 13.8 Å². The number of benzene rings is 2. The lowest BCUT2D eigenvalue weighted by atomic mass is 10.2. The molecule has 0 aliphatic carbocycles. The molecule has 0 fully saturated rings. The van der Waals surface area contributed by atoms with Crippen molar-refractivity contribution >= 4 is 28.9 Å². The molecule has 2 aromatic rings. The molecule has 2 amide bonds. The Morgan fingerprint density at radius 1 is 0.958 bits per heavy atom. The standard InChI is InChI=1S/C18H21N3O3/c1-3-24-17-6-4-5-16(11-17)19-12-18(23)21-15-9-7-14(8-10-15)20-13(2)22/h4-11,19H,3,12H2,1-2H3,(H,20,22)(H,21,23). The molecular formula is C18H21N3O3. The molecule has 0 bridgehead atoms. The average Bonchev–Trinajstić information content (AvgIpc) is 2.55.